The number of hydrogen-bond donors (Lipinski definition) is 2. The van der Waals surface area contributed by atoms with Crippen LogP contribution in [0.4, 0.5) is 23.1 Å². The lowest BCUT2D eigenvalue weighted by Crippen LogP contribution is -2.44. The van der Waals surface area contributed by atoms with Crippen LogP contribution in [0.5, 0.6) is 0 Å². The average Bonchev–Trinajstić information content (AvgIpc) is 3.21. The molecule has 1 aliphatic rings. The van der Waals surface area contributed by atoms with Gasteiger partial charge in [-0.05, 0) is 55.1 Å². The highest BCUT2D eigenvalue weighted by Gasteiger charge is 2.14. The van der Waals surface area contributed by atoms with Gasteiger partial charge in [0.2, 0.25) is 5.95 Å². The SMILES string of the molecule is CN1CCN(c2cccc(Nc3ncc4ccc(NCc5ccncc5)n4n3)c2)CC1. The quantitative estimate of drug-likeness (QED) is 0.502. The standard InChI is InChI=1S/C23H26N8/c1-29-11-13-30(14-12-29)20-4-2-3-19(15-20)27-23-26-17-21-5-6-22(31(21)28-23)25-16-18-7-9-24-10-8-18/h2-10,15,17,25H,11-14,16H2,1H3,(H,27,28). The van der Waals surface area contributed by atoms with E-state index >= 15 is 0 Å². The van der Waals surface area contributed by atoms with Gasteiger partial charge in [0.25, 0.3) is 0 Å². The van der Waals surface area contributed by atoms with Crippen LogP contribution in [0, 0.1) is 0 Å². The number of fused-ring (bicyclic) bond motifs is 1. The van der Waals surface area contributed by atoms with Crippen LogP contribution in [0.15, 0.2) is 67.1 Å². The van der Waals surface area contributed by atoms with Crippen molar-refractivity contribution in [1.82, 2.24) is 24.5 Å². The van der Waals surface area contributed by atoms with E-state index in [0.717, 1.165) is 48.8 Å². The predicted molar refractivity (Wildman–Crippen MR) is 124 cm³/mol. The number of aromatic nitrogens is 4. The summed E-state index contributed by atoms with van der Waals surface area (Å²) >= 11 is 0. The summed E-state index contributed by atoms with van der Waals surface area (Å²) in [6, 6.07) is 16.5. The number of nitrogens with one attached hydrogen (secondary N) is 2. The number of likely N-dealkylation sites (N-methyl/N-ethyl adjacent to an activating group) is 1. The van der Waals surface area contributed by atoms with Crippen molar-refractivity contribution in [3.8, 4) is 0 Å². The highest BCUT2D eigenvalue weighted by molar-refractivity contribution is 5.63. The molecule has 4 aromatic rings. The minimum atomic E-state index is 0.561. The number of anilines is 4. The number of nitrogens with zero attached hydrogens (tertiary/aromatic N) is 6. The van der Waals surface area contributed by atoms with Crippen molar-refractivity contribution in [3.63, 3.8) is 0 Å². The molecule has 0 spiro atoms. The molecule has 8 heteroatoms. The minimum Gasteiger partial charge on any atom is -0.369 e. The molecule has 0 radical (unpaired) electrons. The summed E-state index contributed by atoms with van der Waals surface area (Å²) in [5, 5.41) is 11.5. The molecule has 2 N–H and O–H groups in total. The molecule has 0 amide bonds. The largest absolute Gasteiger partial charge is 0.369 e. The molecule has 8 nitrogen and oxygen atoms in total. The zero-order valence-corrected chi connectivity index (χ0v) is 17.6. The van der Waals surface area contributed by atoms with E-state index in [1.807, 2.05) is 41.0 Å². The van der Waals surface area contributed by atoms with Crippen LogP contribution in [0.1, 0.15) is 5.56 Å². The smallest absolute Gasteiger partial charge is 0.245 e. The predicted octanol–water partition coefficient (Wildman–Crippen LogP) is 3.23. The maximum atomic E-state index is 4.69. The fourth-order valence-electron chi connectivity index (χ4n) is 3.76. The van der Waals surface area contributed by atoms with E-state index in [4.69, 9.17) is 5.10 Å². The third kappa shape index (κ3) is 4.44. The van der Waals surface area contributed by atoms with Crippen LogP contribution in [0.2, 0.25) is 0 Å². The van der Waals surface area contributed by atoms with E-state index in [0.29, 0.717) is 12.5 Å². The second kappa shape index (κ2) is 8.61. The molecule has 5 rings (SSSR count). The molecule has 158 valence electrons. The second-order valence-electron chi connectivity index (χ2n) is 7.81. The van der Waals surface area contributed by atoms with Crippen LogP contribution in [-0.2, 0) is 6.54 Å². The second-order valence-corrected chi connectivity index (χ2v) is 7.81. The molecular formula is C23H26N8. The fourth-order valence-corrected chi connectivity index (χ4v) is 3.76. The molecule has 1 aliphatic heterocycles. The van der Waals surface area contributed by atoms with Crippen molar-refractivity contribution in [2.24, 2.45) is 0 Å². The van der Waals surface area contributed by atoms with E-state index in [2.05, 4.69) is 55.6 Å². The van der Waals surface area contributed by atoms with Crippen LogP contribution in [0.3, 0.4) is 0 Å². The van der Waals surface area contributed by atoms with Gasteiger partial charge in [0.05, 0.1) is 11.7 Å². The van der Waals surface area contributed by atoms with Crippen molar-refractivity contribution in [3.05, 3.63) is 72.7 Å². The Morgan fingerprint density at radius 2 is 1.81 bits per heavy atom. The highest BCUT2D eigenvalue weighted by atomic mass is 15.3. The van der Waals surface area contributed by atoms with E-state index < -0.39 is 0 Å². The number of hydrogen-bond acceptors (Lipinski definition) is 7. The van der Waals surface area contributed by atoms with Crippen molar-refractivity contribution in [2.75, 3.05) is 48.8 Å². The highest BCUT2D eigenvalue weighted by Crippen LogP contribution is 2.23. The van der Waals surface area contributed by atoms with Gasteiger partial charge in [0, 0.05) is 56.5 Å². The van der Waals surface area contributed by atoms with Gasteiger partial charge in [-0.2, -0.15) is 0 Å². The topological polar surface area (TPSA) is 73.6 Å². The normalized spacial score (nSPS) is 14.7. The zero-order valence-electron chi connectivity index (χ0n) is 17.6. The van der Waals surface area contributed by atoms with E-state index in [1.165, 1.54) is 5.69 Å². The summed E-state index contributed by atoms with van der Waals surface area (Å²) in [5.74, 6) is 1.48. The maximum Gasteiger partial charge on any atom is 0.245 e. The van der Waals surface area contributed by atoms with Crippen LogP contribution in [0.25, 0.3) is 5.52 Å². The lowest BCUT2D eigenvalue weighted by molar-refractivity contribution is 0.313. The number of pyridine rings is 1. The zero-order chi connectivity index (χ0) is 21.0. The Morgan fingerprint density at radius 1 is 0.968 bits per heavy atom. The first kappa shape index (κ1) is 19.3. The Kier molecular flexibility index (Phi) is 5.37. The van der Waals surface area contributed by atoms with Crippen molar-refractivity contribution in [1.29, 1.82) is 0 Å². The summed E-state index contributed by atoms with van der Waals surface area (Å²) in [6.07, 6.45) is 5.43. The molecule has 1 aromatic carbocycles. The Morgan fingerprint density at radius 3 is 2.65 bits per heavy atom. The summed E-state index contributed by atoms with van der Waals surface area (Å²) in [5.41, 5.74) is 4.31. The molecule has 0 atom stereocenters. The lowest BCUT2D eigenvalue weighted by atomic mass is 10.2. The molecule has 0 saturated carbocycles. The Hall–Kier alpha value is -3.65. The van der Waals surface area contributed by atoms with Gasteiger partial charge in [-0.3, -0.25) is 4.98 Å². The monoisotopic (exact) mass is 414 g/mol. The Balaban J connectivity index is 1.32. The summed E-state index contributed by atoms with van der Waals surface area (Å²) in [6.45, 7) is 4.95. The maximum absolute atomic E-state index is 4.69. The van der Waals surface area contributed by atoms with Gasteiger partial charge in [-0.15, -0.1) is 5.10 Å². The molecule has 3 aromatic heterocycles. The first-order chi connectivity index (χ1) is 15.2. The van der Waals surface area contributed by atoms with Crippen LogP contribution in [-0.4, -0.2) is 57.7 Å². The molecule has 31 heavy (non-hydrogen) atoms. The molecule has 0 aliphatic carbocycles. The van der Waals surface area contributed by atoms with Gasteiger partial charge in [0.15, 0.2) is 0 Å². The molecule has 4 heterocycles. The fraction of sp³-hybridized carbons (Fsp3) is 0.261. The van der Waals surface area contributed by atoms with E-state index in [9.17, 15) is 0 Å². The summed E-state index contributed by atoms with van der Waals surface area (Å²) in [4.78, 5) is 13.3. The first-order valence-corrected chi connectivity index (χ1v) is 10.5. The number of rotatable bonds is 6. The Bertz CT molecular complexity index is 1150. The number of benzene rings is 1. The van der Waals surface area contributed by atoms with Crippen LogP contribution < -0.4 is 15.5 Å². The summed E-state index contributed by atoms with van der Waals surface area (Å²) in [7, 11) is 2.17. The molecule has 1 saturated heterocycles. The van der Waals surface area contributed by atoms with Gasteiger partial charge in [0.1, 0.15) is 5.82 Å². The first-order valence-electron chi connectivity index (χ1n) is 10.5. The van der Waals surface area contributed by atoms with Crippen LogP contribution >= 0.6 is 0 Å². The number of piperazine rings is 1. The summed E-state index contributed by atoms with van der Waals surface area (Å²) < 4.78 is 1.88. The third-order valence-electron chi connectivity index (χ3n) is 5.59. The van der Waals surface area contributed by atoms with Crippen molar-refractivity contribution in [2.45, 2.75) is 6.54 Å². The van der Waals surface area contributed by atoms with Crippen molar-refractivity contribution < 1.29 is 0 Å². The molecular weight excluding hydrogens is 388 g/mol. The van der Waals surface area contributed by atoms with Crippen molar-refractivity contribution >= 4 is 28.7 Å². The van der Waals surface area contributed by atoms with E-state index in [-0.39, 0.29) is 0 Å². The minimum absolute atomic E-state index is 0.561. The Labute approximate surface area is 181 Å². The molecule has 1 fully saturated rings. The average molecular weight is 415 g/mol. The molecule has 0 unspecified atom stereocenters. The molecule has 0 bridgehead atoms. The van der Waals surface area contributed by atoms with Gasteiger partial charge in [-0.25, -0.2) is 9.50 Å². The van der Waals surface area contributed by atoms with E-state index in [1.54, 1.807) is 12.4 Å². The van der Waals surface area contributed by atoms with Gasteiger partial charge in [-0.1, -0.05) is 6.07 Å². The van der Waals surface area contributed by atoms with Gasteiger partial charge < -0.3 is 20.4 Å². The lowest BCUT2D eigenvalue weighted by Gasteiger charge is -2.34. The van der Waals surface area contributed by atoms with Gasteiger partial charge >= 0.3 is 0 Å². The third-order valence-corrected chi connectivity index (χ3v) is 5.59.